The van der Waals surface area contributed by atoms with Crippen LogP contribution in [0.25, 0.3) is 130 Å². The second-order valence-corrected chi connectivity index (χ2v) is 40.5. The first-order chi connectivity index (χ1) is 67.9. The predicted molar refractivity (Wildman–Crippen MR) is 567 cm³/mol. The number of imidazole rings is 1. The fraction of sp³-hybridized carbons (Fsp3) is 0.0250. The summed E-state index contributed by atoms with van der Waals surface area (Å²) in [6.45, 7) is 0. The van der Waals surface area contributed by atoms with Gasteiger partial charge in [-0.15, -0.1) is 68.0 Å². The summed E-state index contributed by atoms with van der Waals surface area (Å²) in [6, 6.07) is 142. The quantitative estimate of drug-likeness (QED) is 0.139. The highest BCUT2D eigenvalue weighted by Gasteiger charge is 2.57. The lowest BCUT2D eigenvalue weighted by molar-refractivity contribution is 0.712. The number of nitrogens with zero attached hydrogens (tertiary/aromatic N) is 11. The Morgan fingerprint density at radius 2 is 0.547 bits per heavy atom. The van der Waals surface area contributed by atoms with E-state index < -0.39 is 5.41 Å². The van der Waals surface area contributed by atoms with Crippen molar-refractivity contribution >= 4 is 146 Å². The number of rotatable bonds is 9. The fourth-order valence-electron chi connectivity index (χ4n) is 22.4. The molecule has 0 fully saturated rings. The van der Waals surface area contributed by atoms with Gasteiger partial charge in [0.1, 0.15) is 11.8 Å². The van der Waals surface area contributed by atoms with Crippen LogP contribution in [0.3, 0.4) is 0 Å². The van der Waals surface area contributed by atoms with E-state index in [9.17, 15) is 0 Å². The van der Waals surface area contributed by atoms with Gasteiger partial charge in [0.05, 0.1) is 61.8 Å². The summed E-state index contributed by atoms with van der Waals surface area (Å²) >= 11 is 11.1. The van der Waals surface area contributed by atoms with E-state index in [1.807, 2.05) is 165 Å². The average Bonchev–Trinajstić information content (AvgIpc) is 1.55. The number of benzene rings is 14. The molecule has 17 heteroatoms. The first-order valence-electron chi connectivity index (χ1n) is 45.6. The molecular weight excluding hydrogens is 1790 g/mol. The third kappa shape index (κ3) is 11.9. The molecule has 0 atom stereocenters. The van der Waals surface area contributed by atoms with Crippen LogP contribution in [-0.4, -0.2) is 39.6 Å². The van der Waals surface area contributed by atoms with Crippen molar-refractivity contribution in [2.75, 3.05) is 14.8 Å². The zero-order valence-corrected chi connectivity index (χ0v) is 77.9. The first-order valence-corrected chi connectivity index (χ1v) is 50.9. The second kappa shape index (κ2) is 31.5. The van der Waals surface area contributed by atoms with Crippen molar-refractivity contribution in [1.82, 2.24) is 39.6 Å². The predicted octanol–water partition coefficient (Wildman–Crippen LogP) is 32.0. The lowest BCUT2D eigenvalue weighted by Gasteiger charge is -2.45. The zero-order chi connectivity index (χ0) is 90.0. The normalized spacial score (nSPS) is 13.8. The van der Waals surface area contributed by atoms with Gasteiger partial charge in [-0.05, 0) is 260 Å². The largest absolute Gasteiger partial charge is 0.310 e. The Morgan fingerprint density at radius 3 is 0.978 bits per heavy atom. The number of fused-ring (bicyclic) bond motifs is 30. The molecule has 137 heavy (non-hydrogen) atoms. The van der Waals surface area contributed by atoms with Gasteiger partial charge in [0, 0.05) is 80.2 Å². The van der Waals surface area contributed by atoms with E-state index in [4.69, 9.17) is 24.9 Å². The van der Waals surface area contributed by atoms with E-state index in [1.54, 1.807) is 6.20 Å². The van der Waals surface area contributed by atoms with Crippen molar-refractivity contribution in [1.29, 1.82) is 0 Å². The van der Waals surface area contributed by atoms with E-state index in [-0.39, 0.29) is 10.8 Å². The molecule has 3 spiro atoms. The van der Waals surface area contributed by atoms with Crippen LogP contribution < -0.4 is 14.8 Å². The molecule has 14 aromatic carbocycles. The first kappa shape index (κ1) is 79.5. The van der Waals surface area contributed by atoms with Crippen LogP contribution in [-0.2, 0) is 16.2 Å². The van der Waals surface area contributed by atoms with Crippen molar-refractivity contribution < 1.29 is 0 Å². The van der Waals surface area contributed by atoms with Crippen molar-refractivity contribution in [2.24, 2.45) is 0 Å². The molecule has 3 aliphatic heterocycles. The third-order valence-electron chi connectivity index (χ3n) is 28.1. The fourth-order valence-corrected chi connectivity index (χ4v) is 28.7. The molecule has 24 aromatic rings. The molecule has 0 amide bonds. The van der Waals surface area contributed by atoms with Crippen LogP contribution in [0, 0.1) is 0 Å². The highest BCUT2D eigenvalue weighted by Crippen LogP contribution is 2.70. The summed E-state index contributed by atoms with van der Waals surface area (Å²) in [5.41, 5.74) is 33.8. The van der Waals surface area contributed by atoms with E-state index in [1.165, 1.54) is 140 Å². The minimum atomic E-state index is -0.452. The van der Waals surface area contributed by atoms with Crippen LogP contribution in [0.15, 0.2) is 439 Å². The van der Waals surface area contributed by atoms with Gasteiger partial charge in [-0.2, -0.15) is 0 Å². The second-order valence-electron chi connectivity index (χ2n) is 35.0. The molecule has 6 aliphatic rings. The number of thiophene rings is 6. The molecule has 30 rings (SSSR count). The van der Waals surface area contributed by atoms with E-state index in [2.05, 4.69) is 365 Å². The molecule has 11 nitrogen and oxygen atoms in total. The van der Waals surface area contributed by atoms with Gasteiger partial charge in [-0.25, -0.2) is 44.6 Å². The van der Waals surface area contributed by atoms with E-state index in [0.717, 1.165) is 78.7 Å². The number of aromatic nitrogens is 8. The van der Waals surface area contributed by atoms with Crippen molar-refractivity contribution in [3.8, 4) is 97.3 Å². The third-order valence-corrected chi connectivity index (χ3v) is 34.0. The molecule has 644 valence electrons. The van der Waals surface area contributed by atoms with Gasteiger partial charge in [0.25, 0.3) is 0 Å². The van der Waals surface area contributed by atoms with Gasteiger partial charge in [-0.3, -0.25) is 0 Å². The minimum Gasteiger partial charge on any atom is -0.310 e. The molecule has 0 N–H and O–H groups in total. The van der Waals surface area contributed by atoms with Gasteiger partial charge < -0.3 is 9.80 Å². The molecule has 10 aromatic heterocycles. The average molecular weight is 1860 g/mol. The Labute approximate surface area is 813 Å². The van der Waals surface area contributed by atoms with E-state index in [0.29, 0.717) is 23.3 Å². The summed E-state index contributed by atoms with van der Waals surface area (Å²) in [6.07, 6.45) is 3.67. The Balaban J connectivity index is 0.000000105. The standard InChI is InChI=1S/C50H30N4S2.C43H27N3S2.C27H16N4S2/c1-3-11-31(12-4-1)47-51-48(32-13-5-2-6-14-32)53-49(52-47)33-19-21-38(22-20-33)54-43-29-36-17-9-7-15-34(36)27-41(43)50(39-23-25-55-45(39)46-40(50)24-26-56-46)42-28-35-16-8-10-18-37(35)30-44(42)54;1-3-12-28(13-4-1)36-27-37(45-42(44-36)29-14-5-2-6-15-29)30-16-11-17-31(26-30)46-38-20-9-7-18-32(38)43(33-19-8-10-21-39(33)46)34-22-24-47-40(34)41-35(43)23-25-48-41;1-3-8-21-17(6-1)27(19-11-14-32-24(19)25-20(27)12-15-33-25)18-7-2-4-9-22(18)31(21)30-16-29-26-23(30)10-5-13-28-26/h1-30H;1-27H;1-16H. The highest BCUT2D eigenvalue weighted by molar-refractivity contribution is 7.22. The summed E-state index contributed by atoms with van der Waals surface area (Å²) in [7, 11) is 0. The van der Waals surface area contributed by atoms with E-state index >= 15 is 0 Å². The molecule has 0 bridgehead atoms. The van der Waals surface area contributed by atoms with Gasteiger partial charge in [0.2, 0.25) is 0 Å². The summed E-state index contributed by atoms with van der Waals surface area (Å²) in [5, 5.41) is 20.7. The number of anilines is 8. The van der Waals surface area contributed by atoms with Crippen molar-refractivity contribution in [3.05, 3.63) is 506 Å². The topological polar surface area (TPSA) is 105 Å². The zero-order valence-electron chi connectivity index (χ0n) is 73.0. The van der Waals surface area contributed by atoms with Crippen LogP contribution >= 0.6 is 68.0 Å². The minimum absolute atomic E-state index is 0.316. The Hall–Kier alpha value is -16.1. The Bertz CT molecular complexity index is 8510. The summed E-state index contributed by atoms with van der Waals surface area (Å²) in [5.74, 6) is 2.66. The van der Waals surface area contributed by atoms with Crippen molar-refractivity contribution in [3.63, 3.8) is 0 Å². The summed E-state index contributed by atoms with van der Waals surface area (Å²) < 4.78 is 2.13. The highest BCUT2D eigenvalue weighted by atomic mass is 32.1. The maximum Gasteiger partial charge on any atom is 0.179 e. The molecule has 0 saturated carbocycles. The van der Waals surface area contributed by atoms with Crippen LogP contribution in [0.1, 0.15) is 66.8 Å². The maximum absolute atomic E-state index is 5.14. The smallest absolute Gasteiger partial charge is 0.179 e. The molecule has 0 radical (unpaired) electrons. The SMILES string of the molecule is c1ccc(-c2cc(-c3cccc(N4c5ccccc5C5(c6ccccc64)c4ccsc4-c4sccc45)c3)nc(-c3ccccc3)n2)cc1.c1ccc(-c2nc(-c3ccccc3)nc(-c3ccc(N4c5cc6ccccc6cc5C5(c6cc7ccccc7cc64)c4ccsc4-c4sccc45)cc3)n2)cc1.c1ccc2c(c1)N(n1cnc3ncccc31)c1ccccc1C21c2ccsc2-c2sccc21. The number of hydrogen-bond acceptors (Lipinski definition) is 16. The Kier molecular flexibility index (Phi) is 18.3. The van der Waals surface area contributed by atoms with Gasteiger partial charge >= 0.3 is 0 Å². The number of pyridine rings is 1. The molecule has 0 unspecified atom stereocenters. The molecule has 0 saturated heterocycles. The molecular formula is C120H73N11S6. The molecule has 3 aliphatic carbocycles. The lowest BCUT2D eigenvalue weighted by Crippen LogP contribution is -2.39. The van der Waals surface area contributed by atoms with Gasteiger partial charge in [0.15, 0.2) is 28.9 Å². The van der Waals surface area contributed by atoms with Crippen LogP contribution in [0.2, 0.25) is 0 Å². The number of hydrogen-bond donors (Lipinski definition) is 0. The van der Waals surface area contributed by atoms with Crippen molar-refractivity contribution in [2.45, 2.75) is 16.2 Å². The summed E-state index contributed by atoms with van der Waals surface area (Å²) in [4.78, 5) is 47.5. The number of para-hydroxylation sites is 4. The Morgan fingerprint density at radius 1 is 0.212 bits per heavy atom. The van der Waals surface area contributed by atoms with Crippen LogP contribution in [0.4, 0.5) is 45.5 Å². The maximum atomic E-state index is 5.14. The monoisotopic (exact) mass is 1860 g/mol. The molecule has 13 heterocycles. The van der Waals surface area contributed by atoms with Gasteiger partial charge in [-0.1, -0.05) is 255 Å². The lowest BCUT2D eigenvalue weighted by atomic mass is 9.64. The van der Waals surface area contributed by atoms with Crippen LogP contribution in [0.5, 0.6) is 0 Å².